The lowest BCUT2D eigenvalue weighted by Crippen LogP contribution is -2.35. The van der Waals surface area contributed by atoms with Gasteiger partial charge in [-0.2, -0.15) is 10.1 Å². The third-order valence-electron chi connectivity index (χ3n) is 3.92. The fraction of sp³-hybridized carbons (Fsp3) is 0.294. The van der Waals surface area contributed by atoms with E-state index in [0.717, 1.165) is 11.4 Å². The molecule has 0 atom stereocenters. The summed E-state index contributed by atoms with van der Waals surface area (Å²) in [6.45, 7) is 2.25. The summed E-state index contributed by atoms with van der Waals surface area (Å²) in [5.74, 6) is -0.209. The molecule has 1 aromatic carbocycles. The van der Waals surface area contributed by atoms with Crippen molar-refractivity contribution in [3.63, 3.8) is 0 Å². The molecule has 0 fully saturated rings. The number of aliphatic hydroxyl groups is 1. The van der Waals surface area contributed by atoms with E-state index in [2.05, 4.69) is 31.0 Å². The third kappa shape index (κ3) is 3.88. The normalized spacial score (nSPS) is 11.1. The minimum Gasteiger partial charge on any atom is -0.395 e. The summed E-state index contributed by atoms with van der Waals surface area (Å²) < 4.78 is 15.3. The number of carbonyl (C=O) groups is 1. The highest BCUT2D eigenvalue weighted by Crippen LogP contribution is 2.18. The molecule has 3 aromatic rings. The molecule has 0 spiro atoms. The second-order valence-corrected chi connectivity index (χ2v) is 6.61. The molecule has 3 rings (SSSR count). The van der Waals surface area contributed by atoms with E-state index >= 15 is 0 Å². The molecule has 0 saturated heterocycles. The van der Waals surface area contributed by atoms with Gasteiger partial charge in [-0.05, 0) is 47.1 Å². The summed E-state index contributed by atoms with van der Waals surface area (Å²) >= 11 is 3.09. The summed E-state index contributed by atoms with van der Waals surface area (Å²) in [6, 6.07) is 5.99. The first-order valence-electron chi connectivity index (χ1n) is 8.01. The maximum absolute atomic E-state index is 13.4. The molecule has 7 nitrogen and oxygen atoms in total. The van der Waals surface area contributed by atoms with Crippen LogP contribution < -0.4 is 0 Å². The highest BCUT2D eigenvalue weighted by atomic mass is 79.9. The zero-order valence-corrected chi connectivity index (χ0v) is 15.6. The maximum Gasteiger partial charge on any atom is 0.253 e. The number of nitrogens with zero attached hydrogens (tertiary/aromatic N) is 5. The molecule has 9 heteroatoms. The van der Waals surface area contributed by atoms with E-state index in [1.54, 1.807) is 4.52 Å². The topological polar surface area (TPSA) is 83.6 Å². The highest BCUT2D eigenvalue weighted by Gasteiger charge is 2.17. The number of hydrogen-bond donors (Lipinski definition) is 1. The lowest BCUT2D eigenvalue weighted by Gasteiger charge is -2.22. The lowest BCUT2D eigenvalue weighted by atomic mass is 10.1. The molecular weight excluding hydrogens is 405 g/mol. The van der Waals surface area contributed by atoms with Crippen LogP contribution in [0.15, 0.2) is 35.1 Å². The van der Waals surface area contributed by atoms with Crippen LogP contribution in [0.3, 0.4) is 0 Å². The summed E-state index contributed by atoms with van der Waals surface area (Å²) in [6.07, 6.45) is 1.94. The average molecular weight is 422 g/mol. The molecule has 0 unspecified atom stereocenters. The number of amides is 1. The van der Waals surface area contributed by atoms with Crippen molar-refractivity contribution in [1.29, 1.82) is 0 Å². The van der Waals surface area contributed by atoms with Crippen LogP contribution in [0.1, 0.15) is 21.7 Å². The van der Waals surface area contributed by atoms with Gasteiger partial charge in [-0.15, -0.1) is 0 Å². The fourth-order valence-corrected chi connectivity index (χ4v) is 3.06. The zero-order chi connectivity index (χ0) is 18.7. The lowest BCUT2D eigenvalue weighted by molar-refractivity contribution is 0.0723. The molecule has 2 aromatic heterocycles. The van der Waals surface area contributed by atoms with Crippen molar-refractivity contribution in [2.75, 3.05) is 19.7 Å². The van der Waals surface area contributed by atoms with Gasteiger partial charge in [0.1, 0.15) is 12.1 Å². The molecule has 0 aliphatic carbocycles. The number of carbonyl (C=O) groups excluding carboxylic acids is 1. The number of fused-ring (bicyclic) bond motifs is 1. The Kier molecular flexibility index (Phi) is 5.58. The number of aromatic nitrogens is 4. The molecule has 1 N–H and O–H groups in total. The second-order valence-electron chi connectivity index (χ2n) is 5.76. The predicted octanol–water partition coefficient (Wildman–Crippen LogP) is 2.01. The molecule has 26 heavy (non-hydrogen) atoms. The van der Waals surface area contributed by atoms with Crippen molar-refractivity contribution < 1.29 is 14.3 Å². The monoisotopic (exact) mass is 421 g/mol. The van der Waals surface area contributed by atoms with Crippen LogP contribution in [-0.4, -0.2) is 55.2 Å². The largest absolute Gasteiger partial charge is 0.395 e. The number of rotatable bonds is 6. The summed E-state index contributed by atoms with van der Waals surface area (Å²) in [5.41, 5.74) is 2.02. The molecule has 0 radical (unpaired) electrons. The maximum atomic E-state index is 13.4. The second kappa shape index (κ2) is 7.88. The van der Waals surface area contributed by atoms with Crippen LogP contribution in [0.2, 0.25) is 0 Å². The Morgan fingerprint density at radius 3 is 2.88 bits per heavy atom. The first-order chi connectivity index (χ1) is 12.5. The summed E-state index contributed by atoms with van der Waals surface area (Å²) in [4.78, 5) is 22.6. The van der Waals surface area contributed by atoms with Crippen molar-refractivity contribution in [1.82, 2.24) is 24.5 Å². The van der Waals surface area contributed by atoms with Crippen LogP contribution in [0.4, 0.5) is 4.39 Å². The Labute approximate surface area is 157 Å². The minimum absolute atomic E-state index is 0.164. The van der Waals surface area contributed by atoms with Gasteiger partial charge in [0.2, 0.25) is 0 Å². The number of aliphatic hydroxyl groups excluding tert-OH is 1. The molecule has 1 amide bonds. The molecule has 0 saturated carbocycles. The van der Waals surface area contributed by atoms with Gasteiger partial charge >= 0.3 is 0 Å². The quantitative estimate of drug-likeness (QED) is 0.657. The van der Waals surface area contributed by atoms with E-state index in [0.29, 0.717) is 24.3 Å². The number of hydrogen-bond acceptors (Lipinski definition) is 5. The Balaban J connectivity index is 1.80. The Morgan fingerprint density at radius 1 is 1.35 bits per heavy atom. The van der Waals surface area contributed by atoms with Crippen LogP contribution in [0.5, 0.6) is 0 Å². The predicted molar refractivity (Wildman–Crippen MR) is 96.3 cm³/mol. The van der Waals surface area contributed by atoms with Gasteiger partial charge in [0.15, 0.2) is 0 Å². The van der Waals surface area contributed by atoms with E-state index in [9.17, 15) is 14.3 Å². The van der Waals surface area contributed by atoms with Crippen LogP contribution >= 0.6 is 15.9 Å². The standard InChI is InChI=1S/C17H17BrFN5O2/c1-11-8-13(24-17(22-11)20-10-21-24)4-5-23(6-7-25)16(26)12-2-3-15(19)14(18)9-12/h2-3,8-10,25H,4-7H2,1H3. The molecule has 136 valence electrons. The molecule has 0 aliphatic rings. The van der Waals surface area contributed by atoms with Crippen molar-refractivity contribution in [3.8, 4) is 0 Å². The van der Waals surface area contributed by atoms with Gasteiger partial charge in [-0.1, -0.05) is 0 Å². The SMILES string of the molecule is Cc1cc(CCN(CCO)C(=O)c2ccc(F)c(Br)c2)n2ncnc2n1. The third-order valence-corrected chi connectivity index (χ3v) is 4.52. The molecule has 0 aliphatic heterocycles. The van der Waals surface area contributed by atoms with E-state index in [1.165, 1.54) is 29.4 Å². The van der Waals surface area contributed by atoms with E-state index in [-0.39, 0.29) is 23.5 Å². The molecular formula is C17H17BrFN5O2. The van der Waals surface area contributed by atoms with Gasteiger partial charge in [0.05, 0.1) is 11.1 Å². The highest BCUT2D eigenvalue weighted by molar-refractivity contribution is 9.10. The Bertz CT molecular complexity index is 946. The van der Waals surface area contributed by atoms with Crippen LogP contribution in [0.25, 0.3) is 5.78 Å². The number of benzene rings is 1. The summed E-state index contributed by atoms with van der Waals surface area (Å²) in [7, 11) is 0. The van der Waals surface area contributed by atoms with Crippen molar-refractivity contribution in [2.45, 2.75) is 13.3 Å². The van der Waals surface area contributed by atoms with Gasteiger partial charge in [0.25, 0.3) is 11.7 Å². The van der Waals surface area contributed by atoms with Crippen molar-refractivity contribution in [2.24, 2.45) is 0 Å². The van der Waals surface area contributed by atoms with Gasteiger partial charge < -0.3 is 10.0 Å². The fourth-order valence-electron chi connectivity index (χ4n) is 2.68. The van der Waals surface area contributed by atoms with Gasteiger partial charge in [0, 0.05) is 36.5 Å². The Morgan fingerprint density at radius 2 is 2.15 bits per heavy atom. The van der Waals surface area contributed by atoms with E-state index in [1.807, 2.05) is 13.0 Å². The summed E-state index contributed by atoms with van der Waals surface area (Å²) in [5, 5.41) is 13.5. The first kappa shape index (κ1) is 18.4. The first-order valence-corrected chi connectivity index (χ1v) is 8.80. The average Bonchev–Trinajstić information content (AvgIpc) is 3.08. The zero-order valence-electron chi connectivity index (χ0n) is 14.1. The Hall–Kier alpha value is -2.39. The van der Waals surface area contributed by atoms with Crippen molar-refractivity contribution >= 4 is 27.6 Å². The number of aryl methyl sites for hydroxylation is 1. The number of halogens is 2. The van der Waals surface area contributed by atoms with Crippen molar-refractivity contribution in [3.05, 3.63) is 57.8 Å². The van der Waals surface area contributed by atoms with Crippen LogP contribution in [-0.2, 0) is 6.42 Å². The molecule has 2 heterocycles. The van der Waals surface area contributed by atoms with E-state index in [4.69, 9.17) is 0 Å². The molecule has 0 bridgehead atoms. The van der Waals surface area contributed by atoms with Gasteiger partial charge in [-0.25, -0.2) is 13.9 Å². The van der Waals surface area contributed by atoms with Crippen LogP contribution in [0, 0.1) is 12.7 Å². The smallest absolute Gasteiger partial charge is 0.253 e. The van der Waals surface area contributed by atoms with E-state index < -0.39 is 5.82 Å². The minimum atomic E-state index is -0.434. The van der Waals surface area contributed by atoms with Gasteiger partial charge in [-0.3, -0.25) is 4.79 Å².